The minimum Gasteiger partial charge on any atom is -0.355 e. The number of halogens is 1. The number of benzene rings is 1. The average molecular weight is 347 g/mol. The Labute approximate surface area is 145 Å². The van der Waals surface area contributed by atoms with Crippen molar-refractivity contribution >= 4 is 29.1 Å². The standard InChI is InChI=1S/C17H19ClN4O2/c1-11-8-13(11)17(24)20-5-4-16(23)21-12-2-3-15(14(18)9-12)22-7-6-19-10-22/h2-3,6-7,9-11,13H,4-5,8H2,1H3,(H,20,24)(H,21,23)/t11-,13+/m1/s1. The lowest BCUT2D eigenvalue weighted by Crippen LogP contribution is -2.29. The van der Waals surface area contributed by atoms with E-state index in [4.69, 9.17) is 11.6 Å². The first kappa shape index (κ1) is 16.5. The molecule has 126 valence electrons. The van der Waals surface area contributed by atoms with Crippen molar-refractivity contribution in [2.45, 2.75) is 19.8 Å². The summed E-state index contributed by atoms with van der Waals surface area (Å²) >= 11 is 6.25. The van der Waals surface area contributed by atoms with Crippen molar-refractivity contribution in [3.63, 3.8) is 0 Å². The van der Waals surface area contributed by atoms with Gasteiger partial charge in [-0.1, -0.05) is 18.5 Å². The van der Waals surface area contributed by atoms with Gasteiger partial charge in [0.25, 0.3) is 0 Å². The van der Waals surface area contributed by atoms with E-state index in [1.165, 1.54) is 0 Å². The second-order valence-electron chi connectivity index (χ2n) is 6.04. The molecule has 7 heteroatoms. The number of rotatable bonds is 6. The molecular weight excluding hydrogens is 328 g/mol. The Hall–Kier alpha value is -2.34. The maximum Gasteiger partial charge on any atom is 0.226 e. The van der Waals surface area contributed by atoms with Crippen LogP contribution in [0.3, 0.4) is 0 Å². The predicted molar refractivity (Wildman–Crippen MR) is 92.1 cm³/mol. The molecule has 0 aliphatic heterocycles. The Morgan fingerprint density at radius 2 is 2.21 bits per heavy atom. The summed E-state index contributed by atoms with van der Waals surface area (Å²) in [5.41, 5.74) is 1.41. The number of hydrogen-bond acceptors (Lipinski definition) is 3. The van der Waals surface area contributed by atoms with Gasteiger partial charge in [-0.25, -0.2) is 4.98 Å². The topological polar surface area (TPSA) is 76.0 Å². The summed E-state index contributed by atoms with van der Waals surface area (Å²) in [5.74, 6) is 0.478. The number of imidazole rings is 1. The van der Waals surface area contributed by atoms with Crippen LogP contribution in [0.5, 0.6) is 0 Å². The SMILES string of the molecule is C[C@@H]1C[C@@H]1C(=O)NCCC(=O)Nc1ccc(-n2ccnc2)c(Cl)c1. The second-order valence-corrected chi connectivity index (χ2v) is 6.45. The van der Waals surface area contributed by atoms with E-state index in [0.717, 1.165) is 12.1 Å². The highest BCUT2D eigenvalue weighted by Crippen LogP contribution is 2.37. The molecule has 6 nitrogen and oxygen atoms in total. The summed E-state index contributed by atoms with van der Waals surface area (Å²) in [6, 6.07) is 5.29. The number of anilines is 1. The van der Waals surface area contributed by atoms with Crippen LogP contribution in [0.4, 0.5) is 5.69 Å². The Morgan fingerprint density at radius 3 is 2.83 bits per heavy atom. The van der Waals surface area contributed by atoms with Gasteiger partial charge in [-0.3, -0.25) is 9.59 Å². The van der Waals surface area contributed by atoms with Crippen molar-refractivity contribution in [3.8, 4) is 5.69 Å². The Balaban J connectivity index is 1.49. The van der Waals surface area contributed by atoms with Crippen molar-refractivity contribution in [1.82, 2.24) is 14.9 Å². The third-order valence-electron chi connectivity index (χ3n) is 4.11. The lowest BCUT2D eigenvalue weighted by molar-refractivity contribution is -0.122. The molecule has 1 aromatic carbocycles. The number of carbonyl (C=O) groups is 2. The van der Waals surface area contributed by atoms with E-state index in [1.807, 2.05) is 13.0 Å². The number of amides is 2. The van der Waals surface area contributed by atoms with Crippen molar-refractivity contribution in [2.75, 3.05) is 11.9 Å². The third-order valence-corrected chi connectivity index (χ3v) is 4.41. The van der Waals surface area contributed by atoms with Gasteiger partial charge >= 0.3 is 0 Å². The lowest BCUT2D eigenvalue weighted by Gasteiger charge is -2.10. The molecule has 2 atom stereocenters. The van der Waals surface area contributed by atoms with E-state index in [9.17, 15) is 9.59 Å². The number of nitrogens with zero attached hydrogens (tertiary/aromatic N) is 2. The lowest BCUT2D eigenvalue weighted by atomic mass is 10.2. The molecule has 1 aliphatic rings. The molecule has 2 amide bonds. The Morgan fingerprint density at radius 1 is 1.42 bits per heavy atom. The minimum absolute atomic E-state index is 0.0445. The molecule has 24 heavy (non-hydrogen) atoms. The Kier molecular flexibility index (Phi) is 4.85. The van der Waals surface area contributed by atoms with Crippen LogP contribution in [0.1, 0.15) is 19.8 Å². The van der Waals surface area contributed by atoms with E-state index in [0.29, 0.717) is 23.2 Å². The molecule has 0 bridgehead atoms. The summed E-state index contributed by atoms with van der Waals surface area (Å²) in [5, 5.41) is 6.09. The zero-order valence-corrected chi connectivity index (χ0v) is 14.1. The highest BCUT2D eigenvalue weighted by molar-refractivity contribution is 6.32. The van der Waals surface area contributed by atoms with Gasteiger partial charge in [-0.15, -0.1) is 0 Å². The van der Waals surface area contributed by atoms with E-state index in [2.05, 4.69) is 15.6 Å². The van der Waals surface area contributed by atoms with E-state index in [-0.39, 0.29) is 24.2 Å². The quantitative estimate of drug-likeness (QED) is 0.844. The maximum absolute atomic E-state index is 11.9. The molecule has 1 heterocycles. The van der Waals surface area contributed by atoms with Gasteiger partial charge in [-0.2, -0.15) is 0 Å². The molecule has 0 saturated heterocycles. The van der Waals surface area contributed by atoms with Gasteiger partial charge in [0.05, 0.1) is 17.0 Å². The fourth-order valence-electron chi connectivity index (χ4n) is 2.54. The second kappa shape index (κ2) is 7.05. The van der Waals surface area contributed by atoms with Crippen LogP contribution in [0.25, 0.3) is 5.69 Å². The third kappa shape index (κ3) is 3.94. The van der Waals surface area contributed by atoms with Gasteiger partial charge in [0.2, 0.25) is 11.8 Å². The number of carbonyl (C=O) groups excluding carboxylic acids is 2. The molecule has 1 aromatic heterocycles. The zero-order valence-electron chi connectivity index (χ0n) is 13.3. The number of hydrogen-bond donors (Lipinski definition) is 2. The van der Waals surface area contributed by atoms with Crippen molar-refractivity contribution in [1.29, 1.82) is 0 Å². The van der Waals surface area contributed by atoms with Crippen molar-refractivity contribution in [3.05, 3.63) is 41.9 Å². The molecule has 2 N–H and O–H groups in total. The summed E-state index contributed by atoms with van der Waals surface area (Å²) in [6.45, 7) is 2.39. The summed E-state index contributed by atoms with van der Waals surface area (Å²) in [6.07, 6.45) is 6.29. The molecule has 1 fully saturated rings. The average Bonchev–Trinajstić information content (AvgIpc) is 3.05. The Bertz CT molecular complexity index is 745. The number of nitrogens with one attached hydrogen (secondary N) is 2. The van der Waals surface area contributed by atoms with Crippen LogP contribution in [-0.2, 0) is 9.59 Å². The van der Waals surface area contributed by atoms with Gasteiger partial charge in [0.15, 0.2) is 0 Å². The van der Waals surface area contributed by atoms with Crippen LogP contribution in [0, 0.1) is 11.8 Å². The monoisotopic (exact) mass is 346 g/mol. The van der Waals surface area contributed by atoms with Crippen molar-refractivity contribution < 1.29 is 9.59 Å². The van der Waals surface area contributed by atoms with Crippen LogP contribution in [0.2, 0.25) is 5.02 Å². The molecule has 1 saturated carbocycles. The number of aromatic nitrogens is 2. The minimum atomic E-state index is -0.161. The van der Waals surface area contributed by atoms with Crippen LogP contribution in [-0.4, -0.2) is 27.9 Å². The molecule has 0 radical (unpaired) electrons. The van der Waals surface area contributed by atoms with Gasteiger partial charge in [-0.05, 0) is 30.5 Å². The summed E-state index contributed by atoms with van der Waals surface area (Å²) in [4.78, 5) is 27.6. The van der Waals surface area contributed by atoms with E-state index in [1.54, 1.807) is 35.4 Å². The first-order chi connectivity index (χ1) is 11.5. The highest BCUT2D eigenvalue weighted by atomic mass is 35.5. The molecule has 1 aliphatic carbocycles. The normalized spacial score (nSPS) is 18.9. The van der Waals surface area contributed by atoms with Crippen LogP contribution < -0.4 is 10.6 Å². The highest BCUT2D eigenvalue weighted by Gasteiger charge is 2.38. The first-order valence-corrected chi connectivity index (χ1v) is 8.28. The molecule has 2 aromatic rings. The molecule has 3 rings (SSSR count). The largest absolute Gasteiger partial charge is 0.355 e. The van der Waals surface area contributed by atoms with Gasteiger partial charge in [0, 0.05) is 37.0 Å². The van der Waals surface area contributed by atoms with Gasteiger partial charge in [0.1, 0.15) is 0 Å². The predicted octanol–water partition coefficient (Wildman–Crippen LogP) is 2.63. The molecule has 0 unspecified atom stereocenters. The van der Waals surface area contributed by atoms with Crippen LogP contribution in [0.15, 0.2) is 36.9 Å². The zero-order chi connectivity index (χ0) is 17.1. The summed E-state index contributed by atoms with van der Waals surface area (Å²) in [7, 11) is 0. The van der Waals surface area contributed by atoms with E-state index >= 15 is 0 Å². The summed E-state index contributed by atoms with van der Waals surface area (Å²) < 4.78 is 1.79. The fraction of sp³-hybridized carbons (Fsp3) is 0.353. The van der Waals surface area contributed by atoms with E-state index < -0.39 is 0 Å². The molecule has 0 spiro atoms. The smallest absolute Gasteiger partial charge is 0.226 e. The molecular formula is C17H19ClN4O2. The van der Waals surface area contributed by atoms with Gasteiger partial charge < -0.3 is 15.2 Å². The van der Waals surface area contributed by atoms with Crippen LogP contribution >= 0.6 is 11.6 Å². The first-order valence-electron chi connectivity index (χ1n) is 7.90. The fourth-order valence-corrected chi connectivity index (χ4v) is 2.82. The maximum atomic E-state index is 11.9. The van der Waals surface area contributed by atoms with Crippen molar-refractivity contribution in [2.24, 2.45) is 11.8 Å².